The van der Waals surface area contributed by atoms with Crippen LogP contribution in [0.5, 0.6) is 0 Å². The van der Waals surface area contributed by atoms with Gasteiger partial charge < -0.3 is 15.7 Å². The summed E-state index contributed by atoms with van der Waals surface area (Å²) in [5, 5.41) is 14.8. The van der Waals surface area contributed by atoms with Crippen molar-refractivity contribution >= 4 is 68.7 Å². The van der Waals surface area contributed by atoms with Crippen molar-refractivity contribution in [3.05, 3.63) is 58.6 Å². The number of halogens is 1. The molecule has 0 saturated heterocycles. The zero-order valence-corrected chi connectivity index (χ0v) is 18.3. The molecule has 0 radical (unpaired) electrons. The third kappa shape index (κ3) is 7.75. The molecule has 0 saturated carbocycles. The SMILES string of the molecule is O=C(O)CCCNC(=O)CNc1ccc2c(c1)CC(NS(=O)(=O)c1ccc(Cl)cc1)C2.[NaH]. The van der Waals surface area contributed by atoms with Crippen molar-refractivity contribution in [1.82, 2.24) is 10.0 Å². The first kappa shape index (κ1) is 26.6. The maximum atomic E-state index is 12.6. The van der Waals surface area contributed by atoms with Gasteiger partial charge in [0.25, 0.3) is 0 Å². The van der Waals surface area contributed by atoms with Gasteiger partial charge in [0.1, 0.15) is 0 Å². The Balaban J connectivity index is 0.00000363. The van der Waals surface area contributed by atoms with Gasteiger partial charge in [0.05, 0.1) is 11.4 Å². The van der Waals surface area contributed by atoms with Crippen molar-refractivity contribution < 1.29 is 23.1 Å². The average Bonchev–Trinajstić information content (AvgIpc) is 3.10. The fourth-order valence-corrected chi connectivity index (χ4v) is 4.79. The van der Waals surface area contributed by atoms with E-state index in [2.05, 4.69) is 15.4 Å². The van der Waals surface area contributed by atoms with Crippen LogP contribution >= 0.6 is 11.6 Å². The third-order valence-electron chi connectivity index (χ3n) is 4.93. The number of anilines is 1. The molecule has 1 aliphatic carbocycles. The van der Waals surface area contributed by atoms with Gasteiger partial charge >= 0.3 is 35.5 Å². The number of carbonyl (C=O) groups excluding carboxylic acids is 1. The molecule has 8 nitrogen and oxygen atoms in total. The first-order chi connectivity index (χ1) is 14.7. The number of amides is 1. The second-order valence-electron chi connectivity index (χ2n) is 7.36. The van der Waals surface area contributed by atoms with Crippen molar-refractivity contribution in [2.45, 2.75) is 36.6 Å². The van der Waals surface area contributed by atoms with Crippen molar-refractivity contribution in [3.8, 4) is 0 Å². The Hall–Kier alpha value is -1.62. The minimum absolute atomic E-state index is 0. The van der Waals surface area contributed by atoms with Crippen LogP contribution in [0.4, 0.5) is 5.69 Å². The number of aliphatic carboxylic acids is 1. The van der Waals surface area contributed by atoms with Crippen LogP contribution < -0.4 is 15.4 Å². The molecular weight excluding hydrogens is 465 g/mol. The summed E-state index contributed by atoms with van der Waals surface area (Å²) in [6.07, 6.45) is 1.54. The van der Waals surface area contributed by atoms with E-state index in [4.69, 9.17) is 16.7 Å². The number of sulfonamides is 1. The van der Waals surface area contributed by atoms with E-state index in [1.54, 1.807) is 12.1 Å². The molecule has 3 rings (SSSR count). The monoisotopic (exact) mass is 489 g/mol. The van der Waals surface area contributed by atoms with Gasteiger partial charge in [0.2, 0.25) is 15.9 Å². The van der Waals surface area contributed by atoms with Crippen LogP contribution in [0, 0.1) is 0 Å². The predicted molar refractivity (Wildman–Crippen MR) is 125 cm³/mol. The molecule has 0 spiro atoms. The summed E-state index contributed by atoms with van der Waals surface area (Å²) in [6.45, 7) is 0.380. The zero-order valence-electron chi connectivity index (χ0n) is 16.7. The summed E-state index contributed by atoms with van der Waals surface area (Å²) in [4.78, 5) is 22.5. The molecule has 0 heterocycles. The Kier molecular flexibility index (Phi) is 10.00. The Labute approximate surface area is 214 Å². The molecule has 2 aromatic rings. The van der Waals surface area contributed by atoms with E-state index in [1.165, 1.54) is 12.1 Å². The number of hydrogen-bond donors (Lipinski definition) is 4. The van der Waals surface area contributed by atoms with Gasteiger partial charge in [0, 0.05) is 29.7 Å². The molecular formula is C21H25ClN3NaO5S. The van der Waals surface area contributed by atoms with Crippen molar-refractivity contribution in [1.29, 1.82) is 0 Å². The Morgan fingerprint density at radius 3 is 2.44 bits per heavy atom. The van der Waals surface area contributed by atoms with E-state index in [9.17, 15) is 18.0 Å². The van der Waals surface area contributed by atoms with Crippen LogP contribution in [-0.2, 0) is 32.5 Å². The summed E-state index contributed by atoms with van der Waals surface area (Å²) in [5.41, 5.74) is 2.85. The Morgan fingerprint density at radius 1 is 1.06 bits per heavy atom. The molecule has 1 aliphatic rings. The fourth-order valence-electron chi connectivity index (χ4n) is 3.42. The molecule has 11 heteroatoms. The molecule has 4 N–H and O–H groups in total. The van der Waals surface area contributed by atoms with E-state index in [1.807, 2.05) is 18.2 Å². The summed E-state index contributed by atoms with van der Waals surface area (Å²) < 4.78 is 27.9. The molecule has 0 aromatic heterocycles. The standard InChI is InChI=1S/C21H24ClN3O5S.Na.H/c22-16-4-7-19(8-5-16)31(29,30)25-18-10-14-3-6-17(11-15(14)12-18)24-13-20(26)23-9-1-2-21(27)28;;/h3-8,11,18,24-25H,1-2,9-10,12-13H2,(H,23,26)(H,27,28);;. The van der Waals surface area contributed by atoms with Gasteiger partial charge in [-0.05, 0) is 66.8 Å². The number of nitrogens with one attached hydrogen (secondary N) is 3. The first-order valence-corrected chi connectivity index (χ1v) is 11.7. The van der Waals surface area contributed by atoms with Crippen molar-refractivity contribution in [2.75, 3.05) is 18.4 Å². The normalized spacial score (nSPS) is 14.8. The van der Waals surface area contributed by atoms with E-state index in [0.717, 1.165) is 16.8 Å². The van der Waals surface area contributed by atoms with Gasteiger partial charge in [-0.2, -0.15) is 0 Å². The van der Waals surface area contributed by atoms with Crippen LogP contribution in [0.1, 0.15) is 24.0 Å². The fraction of sp³-hybridized carbons (Fsp3) is 0.333. The number of hydrogen-bond acceptors (Lipinski definition) is 5. The molecule has 32 heavy (non-hydrogen) atoms. The number of rotatable bonds is 10. The van der Waals surface area contributed by atoms with E-state index in [0.29, 0.717) is 30.8 Å². The van der Waals surface area contributed by atoms with Gasteiger partial charge in [-0.3, -0.25) is 9.59 Å². The van der Waals surface area contributed by atoms with Crippen LogP contribution in [0.25, 0.3) is 0 Å². The quantitative estimate of drug-likeness (QED) is 0.296. The summed E-state index contributed by atoms with van der Waals surface area (Å²) >= 11 is 5.83. The van der Waals surface area contributed by atoms with E-state index < -0.39 is 16.0 Å². The number of carboxylic acid groups (broad SMARTS) is 1. The number of fused-ring (bicyclic) bond motifs is 1. The summed E-state index contributed by atoms with van der Waals surface area (Å²) in [5.74, 6) is -1.11. The minimum atomic E-state index is -3.64. The van der Waals surface area contributed by atoms with Crippen LogP contribution in [-0.4, -0.2) is 74.1 Å². The van der Waals surface area contributed by atoms with Gasteiger partial charge in [-0.1, -0.05) is 17.7 Å². The Bertz CT molecular complexity index is 1060. The number of carbonyl (C=O) groups is 2. The van der Waals surface area contributed by atoms with E-state index >= 15 is 0 Å². The predicted octanol–water partition coefficient (Wildman–Crippen LogP) is 1.53. The molecule has 1 unspecified atom stereocenters. The van der Waals surface area contributed by atoms with Crippen molar-refractivity contribution in [2.24, 2.45) is 0 Å². The molecule has 1 atom stereocenters. The first-order valence-electron chi connectivity index (χ1n) is 9.85. The summed E-state index contributed by atoms with van der Waals surface area (Å²) in [7, 11) is -3.64. The molecule has 2 aromatic carbocycles. The topological polar surface area (TPSA) is 125 Å². The molecule has 0 aliphatic heterocycles. The third-order valence-corrected chi connectivity index (χ3v) is 6.72. The van der Waals surface area contributed by atoms with Crippen LogP contribution in [0.15, 0.2) is 47.4 Å². The number of benzene rings is 2. The molecule has 0 bridgehead atoms. The Morgan fingerprint density at radius 2 is 1.75 bits per heavy atom. The van der Waals surface area contributed by atoms with Crippen LogP contribution in [0.2, 0.25) is 5.02 Å². The van der Waals surface area contributed by atoms with Gasteiger partial charge in [-0.15, -0.1) is 0 Å². The number of carboxylic acids is 1. The molecule has 1 amide bonds. The van der Waals surface area contributed by atoms with Crippen molar-refractivity contribution in [3.63, 3.8) is 0 Å². The van der Waals surface area contributed by atoms with Crippen LogP contribution in [0.3, 0.4) is 0 Å². The second-order valence-corrected chi connectivity index (χ2v) is 9.52. The van der Waals surface area contributed by atoms with E-state index in [-0.39, 0.29) is 59.4 Å². The van der Waals surface area contributed by atoms with Gasteiger partial charge in [0.15, 0.2) is 0 Å². The molecule has 0 fully saturated rings. The zero-order chi connectivity index (χ0) is 22.4. The van der Waals surface area contributed by atoms with Gasteiger partial charge in [-0.25, -0.2) is 13.1 Å². The molecule has 168 valence electrons. The second kappa shape index (κ2) is 12.0. The maximum absolute atomic E-state index is 12.6. The summed E-state index contributed by atoms with van der Waals surface area (Å²) in [6, 6.07) is 11.5. The average molecular weight is 490 g/mol.